The number of methoxy groups -OCH3 is 1. The molecule has 5 aromatic rings. The van der Waals surface area contributed by atoms with Crippen molar-refractivity contribution < 1.29 is 18.3 Å². The van der Waals surface area contributed by atoms with Gasteiger partial charge in [0.15, 0.2) is 11.2 Å². The van der Waals surface area contributed by atoms with Gasteiger partial charge >= 0.3 is 5.63 Å². The standard InChI is InChI=1S/C21H15N3O5/c1-26-17-5-3-16(4-6-17)24-11-15(22-23-24)12-28-21-19-14(8-9-27-19)10-13-2-7-18(25)29-20(13)21/h2-11H,12H2,1H3. The van der Waals surface area contributed by atoms with Crippen LogP contribution in [-0.2, 0) is 6.61 Å². The molecule has 5 rings (SSSR count). The van der Waals surface area contributed by atoms with E-state index in [1.165, 1.54) is 6.07 Å². The van der Waals surface area contributed by atoms with E-state index in [0.29, 0.717) is 22.6 Å². The number of hydrogen-bond donors (Lipinski definition) is 0. The second kappa shape index (κ2) is 6.83. The largest absolute Gasteiger partial charge is 0.497 e. The van der Waals surface area contributed by atoms with Gasteiger partial charge in [-0.15, -0.1) is 5.10 Å². The Hall–Kier alpha value is -4.07. The summed E-state index contributed by atoms with van der Waals surface area (Å²) < 4.78 is 23.7. The Kier molecular flexibility index (Phi) is 4.02. The minimum Gasteiger partial charge on any atom is -0.497 e. The van der Waals surface area contributed by atoms with E-state index in [1.54, 1.807) is 30.3 Å². The molecule has 3 heterocycles. The molecule has 0 aliphatic carbocycles. The van der Waals surface area contributed by atoms with Gasteiger partial charge in [-0.05, 0) is 42.5 Å². The van der Waals surface area contributed by atoms with E-state index in [1.807, 2.05) is 36.4 Å². The van der Waals surface area contributed by atoms with Crippen LogP contribution in [0.25, 0.3) is 27.6 Å². The minimum absolute atomic E-state index is 0.129. The summed E-state index contributed by atoms with van der Waals surface area (Å²) in [5.74, 6) is 1.12. The molecule has 0 aliphatic rings. The van der Waals surface area contributed by atoms with E-state index in [-0.39, 0.29) is 6.61 Å². The monoisotopic (exact) mass is 389 g/mol. The van der Waals surface area contributed by atoms with E-state index in [4.69, 9.17) is 18.3 Å². The van der Waals surface area contributed by atoms with Crippen LogP contribution in [0.5, 0.6) is 11.5 Å². The van der Waals surface area contributed by atoms with Crippen LogP contribution in [0.3, 0.4) is 0 Å². The summed E-state index contributed by atoms with van der Waals surface area (Å²) >= 11 is 0. The maximum absolute atomic E-state index is 11.7. The zero-order chi connectivity index (χ0) is 19.8. The fourth-order valence-corrected chi connectivity index (χ4v) is 3.11. The Morgan fingerprint density at radius 3 is 2.69 bits per heavy atom. The molecule has 144 valence electrons. The fourth-order valence-electron chi connectivity index (χ4n) is 3.11. The van der Waals surface area contributed by atoms with Crippen molar-refractivity contribution in [3.05, 3.63) is 77.1 Å². The number of benzene rings is 2. The van der Waals surface area contributed by atoms with Crippen molar-refractivity contribution in [3.8, 4) is 17.2 Å². The summed E-state index contributed by atoms with van der Waals surface area (Å²) in [6, 6.07) is 14.2. The van der Waals surface area contributed by atoms with Crippen LogP contribution in [0.2, 0.25) is 0 Å². The number of hydrogen-bond acceptors (Lipinski definition) is 7. The molecule has 0 unspecified atom stereocenters. The number of rotatable bonds is 5. The Bertz CT molecular complexity index is 1360. The minimum atomic E-state index is -0.460. The molecular weight excluding hydrogens is 374 g/mol. The first-order valence-corrected chi connectivity index (χ1v) is 8.84. The van der Waals surface area contributed by atoms with Crippen molar-refractivity contribution >= 4 is 21.9 Å². The predicted molar refractivity (Wildman–Crippen MR) is 104 cm³/mol. The Morgan fingerprint density at radius 2 is 1.86 bits per heavy atom. The molecule has 0 spiro atoms. The van der Waals surface area contributed by atoms with Gasteiger partial charge in [-0.3, -0.25) is 0 Å². The average molecular weight is 389 g/mol. The molecule has 0 saturated heterocycles. The number of ether oxygens (including phenoxy) is 2. The Morgan fingerprint density at radius 1 is 1.03 bits per heavy atom. The summed E-state index contributed by atoms with van der Waals surface area (Å²) in [5.41, 5.74) is 1.83. The van der Waals surface area contributed by atoms with Crippen molar-refractivity contribution in [2.75, 3.05) is 7.11 Å². The SMILES string of the molecule is COc1ccc(-n2cc(COc3c4occc4cc4ccc(=O)oc34)nn2)cc1. The summed E-state index contributed by atoms with van der Waals surface area (Å²) in [4.78, 5) is 11.7. The van der Waals surface area contributed by atoms with Crippen LogP contribution in [0.1, 0.15) is 5.69 Å². The van der Waals surface area contributed by atoms with Crippen molar-refractivity contribution in [1.82, 2.24) is 15.0 Å². The van der Waals surface area contributed by atoms with Crippen LogP contribution in [0, 0.1) is 0 Å². The molecule has 0 atom stereocenters. The molecule has 0 bridgehead atoms. The third-order valence-corrected chi connectivity index (χ3v) is 4.53. The quantitative estimate of drug-likeness (QED) is 0.423. The van der Waals surface area contributed by atoms with E-state index in [9.17, 15) is 4.79 Å². The lowest BCUT2D eigenvalue weighted by Gasteiger charge is -2.07. The highest BCUT2D eigenvalue weighted by Crippen LogP contribution is 2.35. The van der Waals surface area contributed by atoms with E-state index in [2.05, 4.69) is 10.3 Å². The van der Waals surface area contributed by atoms with Crippen molar-refractivity contribution in [1.29, 1.82) is 0 Å². The van der Waals surface area contributed by atoms with Crippen LogP contribution in [-0.4, -0.2) is 22.1 Å². The third kappa shape index (κ3) is 3.10. The highest BCUT2D eigenvalue weighted by Gasteiger charge is 2.15. The van der Waals surface area contributed by atoms with Crippen molar-refractivity contribution in [3.63, 3.8) is 0 Å². The number of fused-ring (bicyclic) bond motifs is 2. The van der Waals surface area contributed by atoms with Crippen molar-refractivity contribution in [2.45, 2.75) is 6.61 Å². The van der Waals surface area contributed by atoms with Gasteiger partial charge in [0.2, 0.25) is 5.75 Å². The third-order valence-electron chi connectivity index (χ3n) is 4.53. The predicted octanol–water partition coefficient (Wildman–Crippen LogP) is 3.71. The molecule has 0 radical (unpaired) electrons. The zero-order valence-electron chi connectivity index (χ0n) is 15.4. The summed E-state index contributed by atoms with van der Waals surface area (Å²) in [5, 5.41) is 9.88. The molecule has 0 saturated carbocycles. The molecule has 0 amide bonds. The smallest absolute Gasteiger partial charge is 0.336 e. The molecule has 29 heavy (non-hydrogen) atoms. The average Bonchev–Trinajstić information content (AvgIpc) is 3.41. The van der Waals surface area contributed by atoms with Gasteiger partial charge < -0.3 is 18.3 Å². The van der Waals surface area contributed by atoms with Crippen LogP contribution in [0.4, 0.5) is 0 Å². The fraction of sp³-hybridized carbons (Fsp3) is 0.0952. The lowest BCUT2D eigenvalue weighted by molar-refractivity contribution is 0.298. The molecule has 2 aromatic carbocycles. The maximum Gasteiger partial charge on any atom is 0.336 e. The van der Waals surface area contributed by atoms with Gasteiger partial charge in [-0.2, -0.15) is 0 Å². The molecule has 8 nitrogen and oxygen atoms in total. The van der Waals surface area contributed by atoms with Gasteiger partial charge in [0, 0.05) is 16.8 Å². The van der Waals surface area contributed by atoms with Gasteiger partial charge in [-0.25, -0.2) is 9.48 Å². The summed E-state index contributed by atoms with van der Waals surface area (Å²) in [6.45, 7) is 0.129. The maximum atomic E-state index is 11.7. The normalized spacial score (nSPS) is 11.2. The molecule has 8 heteroatoms. The topological polar surface area (TPSA) is 92.5 Å². The molecule has 0 N–H and O–H groups in total. The first-order chi connectivity index (χ1) is 14.2. The highest BCUT2D eigenvalue weighted by atomic mass is 16.5. The molecule has 3 aromatic heterocycles. The van der Waals surface area contributed by atoms with Crippen LogP contribution >= 0.6 is 0 Å². The van der Waals surface area contributed by atoms with Gasteiger partial charge in [-0.1, -0.05) is 5.21 Å². The lowest BCUT2D eigenvalue weighted by Crippen LogP contribution is -2.00. The van der Waals surface area contributed by atoms with Gasteiger partial charge in [0.1, 0.15) is 18.1 Å². The van der Waals surface area contributed by atoms with E-state index in [0.717, 1.165) is 22.2 Å². The van der Waals surface area contributed by atoms with Gasteiger partial charge in [0.05, 0.1) is 25.3 Å². The second-order valence-corrected chi connectivity index (χ2v) is 6.36. The van der Waals surface area contributed by atoms with E-state index < -0.39 is 5.63 Å². The summed E-state index contributed by atoms with van der Waals surface area (Å²) in [6.07, 6.45) is 3.33. The second-order valence-electron chi connectivity index (χ2n) is 6.36. The zero-order valence-corrected chi connectivity index (χ0v) is 15.4. The van der Waals surface area contributed by atoms with Crippen molar-refractivity contribution in [2.24, 2.45) is 0 Å². The molecule has 0 aliphatic heterocycles. The van der Waals surface area contributed by atoms with Crippen LogP contribution < -0.4 is 15.1 Å². The van der Waals surface area contributed by atoms with E-state index >= 15 is 0 Å². The number of aromatic nitrogens is 3. The lowest BCUT2D eigenvalue weighted by atomic mass is 10.1. The highest BCUT2D eigenvalue weighted by molar-refractivity contribution is 5.99. The number of furan rings is 1. The molecular formula is C21H15N3O5. The first-order valence-electron chi connectivity index (χ1n) is 8.84. The number of nitrogens with zero attached hydrogens (tertiary/aromatic N) is 3. The summed E-state index contributed by atoms with van der Waals surface area (Å²) in [7, 11) is 1.62. The van der Waals surface area contributed by atoms with Gasteiger partial charge in [0.25, 0.3) is 0 Å². The Labute approximate surface area is 163 Å². The Balaban J connectivity index is 1.46. The first kappa shape index (κ1) is 17.1. The van der Waals surface area contributed by atoms with Crippen LogP contribution in [0.15, 0.2) is 74.6 Å². The molecule has 0 fully saturated rings.